The number of likely N-dealkylation sites (tertiary alicyclic amines) is 1. The van der Waals surface area contributed by atoms with Gasteiger partial charge in [0.15, 0.2) is 5.57 Å². The van der Waals surface area contributed by atoms with Gasteiger partial charge < -0.3 is 16.0 Å². The molecule has 1 aliphatic heterocycles. The highest BCUT2D eigenvalue weighted by atomic mass is 32.1. The zero-order valence-corrected chi connectivity index (χ0v) is 21.8. The van der Waals surface area contributed by atoms with Crippen LogP contribution in [0.2, 0.25) is 0 Å². The molecule has 1 fully saturated rings. The van der Waals surface area contributed by atoms with Crippen LogP contribution in [0.15, 0.2) is 29.1 Å². The van der Waals surface area contributed by atoms with Gasteiger partial charge in [-0.15, -0.1) is 11.3 Å². The summed E-state index contributed by atoms with van der Waals surface area (Å²) in [6.07, 6.45) is -2.85. The Kier molecular flexibility index (Phi) is 9.87. The van der Waals surface area contributed by atoms with E-state index in [1.807, 2.05) is 0 Å². The van der Waals surface area contributed by atoms with Crippen LogP contribution in [0.5, 0.6) is 0 Å². The molecule has 0 atom stereocenters. The minimum Gasteiger partial charge on any atom is -0.360 e. The van der Waals surface area contributed by atoms with Crippen molar-refractivity contribution in [2.45, 2.75) is 32.5 Å². The average Bonchev–Trinajstić information content (AvgIpc) is 3.21. The number of carbonyl (C=O) groups is 2. The molecule has 3 rings (SSSR count). The second-order valence-corrected chi connectivity index (χ2v) is 9.69. The van der Waals surface area contributed by atoms with Crippen LogP contribution in [0.1, 0.15) is 19.8 Å². The maximum atomic E-state index is 12.8. The number of nitriles is 2. The van der Waals surface area contributed by atoms with Gasteiger partial charge in [-0.05, 0) is 51.1 Å². The number of nitrogens with one attached hydrogen (secondary N) is 3. The minimum atomic E-state index is -4.21. The highest BCUT2D eigenvalue weighted by Gasteiger charge is 2.41. The normalized spacial score (nSPS) is 15.7. The number of hydrogen-bond donors (Lipinski definition) is 3. The van der Waals surface area contributed by atoms with Crippen molar-refractivity contribution >= 4 is 46.3 Å². The maximum absolute atomic E-state index is 12.8. The molecule has 0 spiro atoms. The summed E-state index contributed by atoms with van der Waals surface area (Å²) in [7, 11) is 0. The molecular formula is C25H26F3N7O3S. The van der Waals surface area contributed by atoms with E-state index in [2.05, 4.69) is 16.0 Å². The fourth-order valence-electron chi connectivity index (χ4n) is 4.05. The first kappa shape index (κ1) is 29.4. The van der Waals surface area contributed by atoms with Gasteiger partial charge in [-0.25, -0.2) is 0 Å². The number of benzene rings is 1. The van der Waals surface area contributed by atoms with Crippen molar-refractivity contribution in [3.63, 3.8) is 0 Å². The third-order valence-electron chi connectivity index (χ3n) is 6.04. The smallest absolute Gasteiger partial charge is 0.360 e. The van der Waals surface area contributed by atoms with E-state index >= 15 is 0 Å². The Morgan fingerprint density at radius 3 is 2.51 bits per heavy atom. The number of anilines is 2. The van der Waals surface area contributed by atoms with E-state index in [4.69, 9.17) is 5.26 Å². The predicted octanol–water partition coefficient (Wildman–Crippen LogP) is 1.31. The number of amides is 2. The molecule has 0 saturated carbocycles. The molecule has 1 aliphatic rings. The number of halogens is 3. The molecule has 2 aromatic rings. The summed E-state index contributed by atoms with van der Waals surface area (Å²) < 4.78 is 40.2. The predicted molar refractivity (Wildman–Crippen MR) is 140 cm³/mol. The lowest BCUT2D eigenvalue weighted by Gasteiger charge is -2.32. The fourth-order valence-corrected chi connectivity index (χ4v) is 5.14. The van der Waals surface area contributed by atoms with Gasteiger partial charge in [-0.1, -0.05) is 6.07 Å². The largest absolute Gasteiger partial charge is 0.391 e. The standard InChI is InChI=1S/C25H26F3N7O3S/c1-2-35-23(38)20(39-24(35)19(13-30)22(37)31-9-8-29)14-32-17-4-3-5-18(12-17)33-21(36)15-34-10-6-16(7-11-34)25(26,27)28/h3-5,12,14,16,32H,2,6-7,9-11,15H2,1H3,(H,31,37)(H,33,36). The third kappa shape index (κ3) is 7.69. The van der Waals surface area contributed by atoms with Crippen LogP contribution in [-0.2, 0) is 16.1 Å². The van der Waals surface area contributed by atoms with Crippen LogP contribution in [0.3, 0.4) is 0 Å². The molecule has 3 N–H and O–H groups in total. The number of carbonyl (C=O) groups excluding carboxylic acids is 2. The summed E-state index contributed by atoms with van der Waals surface area (Å²) in [5.41, 5.74) is 0.300. The van der Waals surface area contributed by atoms with Crippen molar-refractivity contribution in [1.82, 2.24) is 14.8 Å². The van der Waals surface area contributed by atoms with E-state index in [-0.39, 0.29) is 66.2 Å². The van der Waals surface area contributed by atoms with Crippen LogP contribution >= 0.6 is 11.3 Å². The summed E-state index contributed by atoms with van der Waals surface area (Å²) in [5.74, 6) is -2.44. The van der Waals surface area contributed by atoms with Gasteiger partial charge in [0.1, 0.15) is 21.8 Å². The van der Waals surface area contributed by atoms with Crippen molar-refractivity contribution < 1.29 is 22.8 Å². The van der Waals surface area contributed by atoms with Gasteiger partial charge in [-0.3, -0.25) is 23.9 Å². The Labute approximate surface area is 225 Å². The average molecular weight is 562 g/mol. The molecule has 0 aliphatic carbocycles. The molecule has 14 heteroatoms. The molecule has 1 saturated heterocycles. The summed E-state index contributed by atoms with van der Waals surface area (Å²) in [4.78, 5) is 39.3. The minimum absolute atomic E-state index is 0.0252. The van der Waals surface area contributed by atoms with E-state index in [1.54, 1.807) is 48.2 Å². The van der Waals surface area contributed by atoms with E-state index < -0.39 is 23.6 Å². The zero-order chi connectivity index (χ0) is 28.6. The Balaban J connectivity index is 1.71. The molecule has 0 radical (unpaired) electrons. The molecule has 206 valence electrons. The number of thiazole rings is 1. The van der Waals surface area contributed by atoms with Gasteiger partial charge in [-0.2, -0.15) is 23.7 Å². The highest BCUT2D eigenvalue weighted by molar-refractivity contribution is 7.07. The Morgan fingerprint density at radius 1 is 1.21 bits per heavy atom. The number of aromatic nitrogens is 1. The number of piperidine rings is 1. The Bertz CT molecular complexity index is 1480. The molecule has 1 aromatic carbocycles. The van der Waals surface area contributed by atoms with Crippen molar-refractivity contribution in [1.29, 1.82) is 10.5 Å². The molecule has 2 heterocycles. The Hall–Kier alpha value is -4.14. The van der Waals surface area contributed by atoms with Gasteiger partial charge in [0.05, 0.1) is 18.5 Å². The third-order valence-corrected chi connectivity index (χ3v) is 7.17. The highest BCUT2D eigenvalue weighted by Crippen LogP contribution is 2.34. The molecule has 0 bridgehead atoms. The van der Waals surface area contributed by atoms with Crippen LogP contribution in [0.4, 0.5) is 24.5 Å². The SMILES string of the molecule is CCn1c(=C(C#N)C(=O)NCC#N)sc(=CNc2cccc(NC(=O)CN3CCC(C(F)(F)F)CC3)c2)c1=O. The van der Waals surface area contributed by atoms with Gasteiger partial charge >= 0.3 is 6.18 Å². The van der Waals surface area contributed by atoms with E-state index in [1.165, 1.54) is 10.8 Å². The first-order valence-electron chi connectivity index (χ1n) is 12.0. The van der Waals surface area contributed by atoms with Crippen LogP contribution in [0, 0.1) is 28.6 Å². The van der Waals surface area contributed by atoms with Gasteiger partial charge in [0.2, 0.25) is 5.91 Å². The maximum Gasteiger partial charge on any atom is 0.391 e. The summed E-state index contributed by atoms with van der Waals surface area (Å²) in [6.45, 7) is 1.99. The molecule has 10 nitrogen and oxygen atoms in total. The summed E-state index contributed by atoms with van der Waals surface area (Å²) >= 11 is 0.944. The number of nitrogens with zero attached hydrogens (tertiary/aromatic N) is 4. The van der Waals surface area contributed by atoms with Crippen molar-refractivity contribution in [3.8, 4) is 12.1 Å². The topological polar surface area (TPSA) is 143 Å². The van der Waals surface area contributed by atoms with Crippen molar-refractivity contribution in [2.75, 3.05) is 36.8 Å². The van der Waals surface area contributed by atoms with Crippen LogP contribution < -0.4 is 30.7 Å². The van der Waals surface area contributed by atoms with E-state index in [9.17, 15) is 32.8 Å². The Morgan fingerprint density at radius 2 is 1.90 bits per heavy atom. The second-order valence-electron chi connectivity index (χ2n) is 8.66. The van der Waals surface area contributed by atoms with Crippen molar-refractivity contribution in [2.24, 2.45) is 5.92 Å². The lowest BCUT2D eigenvalue weighted by Crippen LogP contribution is -2.42. The molecule has 2 amide bonds. The van der Waals surface area contributed by atoms with Crippen LogP contribution in [-0.4, -0.2) is 53.6 Å². The summed E-state index contributed by atoms with van der Waals surface area (Å²) in [6, 6.07) is 10.2. The van der Waals surface area contributed by atoms with E-state index in [0.29, 0.717) is 11.4 Å². The number of rotatable bonds is 8. The lowest BCUT2D eigenvalue weighted by atomic mass is 9.96. The van der Waals surface area contributed by atoms with E-state index in [0.717, 1.165) is 11.3 Å². The lowest BCUT2D eigenvalue weighted by molar-refractivity contribution is -0.184. The van der Waals surface area contributed by atoms with Crippen molar-refractivity contribution in [3.05, 3.63) is 43.8 Å². The van der Waals surface area contributed by atoms with Gasteiger partial charge in [0.25, 0.3) is 11.5 Å². The van der Waals surface area contributed by atoms with Gasteiger partial charge in [0, 0.05) is 24.1 Å². The monoisotopic (exact) mass is 561 g/mol. The van der Waals surface area contributed by atoms with Crippen LogP contribution in [0.25, 0.3) is 11.8 Å². The fraction of sp³-hybridized carbons (Fsp3) is 0.400. The number of alkyl halides is 3. The zero-order valence-electron chi connectivity index (χ0n) is 21.0. The molecule has 39 heavy (non-hydrogen) atoms. The summed E-state index contributed by atoms with van der Waals surface area (Å²) in [5, 5.41) is 26.1. The number of hydrogen-bond acceptors (Lipinski definition) is 8. The quantitative estimate of drug-likeness (QED) is 0.413. The molecular weight excluding hydrogens is 535 g/mol. The molecule has 0 unspecified atom stereocenters. The first-order chi connectivity index (χ1) is 18.6. The second kappa shape index (κ2) is 13.1. The first-order valence-corrected chi connectivity index (χ1v) is 12.8. The molecule has 1 aromatic heterocycles.